The lowest BCUT2D eigenvalue weighted by atomic mass is 10.1. The number of nitro groups is 1. The predicted molar refractivity (Wildman–Crippen MR) is 65.3 cm³/mol. The van der Waals surface area contributed by atoms with E-state index in [0.29, 0.717) is 23.4 Å². The Morgan fingerprint density at radius 2 is 2.12 bits per heavy atom. The molecule has 1 saturated heterocycles. The van der Waals surface area contributed by atoms with Gasteiger partial charge in [-0.05, 0) is 28.1 Å². The van der Waals surface area contributed by atoms with Crippen LogP contribution in [0.15, 0.2) is 22.7 Å². The summed E-state index contributed by atoms with van der Waals surface area (Å²) in [7, 11) is 0. The third-order valence-electron chi connectivity index (χ3n) is 2.59. The van der Waals surface area contributed by atoms with E-state index in [1.54, 1.807) is 18.2 Å². The summed E-state index contributed by atoms with van der Waals surface area (Å²) >= 11 is 3.17. The zero-order valence-corrected chi connectivity index (χ0v) is 10.7. The molecule has 0 bridgehead atoms. The van der Waals surface area contributed by atoms with Crippen molar-refractivity contribution in [2.75, 3.05) is 13.2 Å². The highest BCUT2D eigenvalue weighted by Crippen LogP contribution is 2.35. The highest BCUT2D eigenvalue weighted by atomic mass is 79.9. The van der Waals surface area contributed by atoms with Crippen molar-refractivity contribution in [2.45, 2.75) is 18.9 Å². The molecule has 17 heavy (non-hydrogen) atoms. The molecule has 0 saturated carbocycles. The summed E-state index contributed by atoms with van der Waals surface area (Å²) in [5.41, 5.74) is -0.0148. The van der Waals surface area contributed by atoms with E-state index >= 15 is 0 Å². The van der Waals surface area contributed by atoms with Gasteiger partial charge in [0.1, 0.15) is 6.10 Å². The van der Waals surface area contributed by atoms with E-state index < -0.39 is 4.92 Å². The Morgan fingerprint density at radius 1 is 1.41 bits per heavy atom. The molecule has 0 amide bonds. The third kappa shape index (κ3) is 2.95. The van der Waals surface area contributed by atoms with Gasteiger partial charge in [-0.1, -0.05) is 6.07 Å². The van der Waals surface area contributed by atoms with Crippen LogP contribution in [0.5, 0.6) is 5.75 Å². The van der Waals surface area contributed by atoms with Crippen LogP contribution in [0.4, 0.5) is 5.69 Å². The Hall–Kier alpha value is -1.14. The van der Waals surface area contributed by atoms with E-state index in [9.17, 15) is 10.1 Å². The molecule has 0 atom stereocenters. The van der Waals surface area contributed by atoms with Crippen molar-refractivity contribution in [1.82, 2.24) is 0 Å². The van der Waals surface area contributed by atoms with Crippen LogP contribution in [-0.4, -0.2) is 24.2 Å². The average molecular weight is 302 g/mol. The van der Waals surface area contributed by atoms with Gasteiger partial charge in [0.05, 0.1) is 22.6 Å². The van der Waals surface area contributed by atoms with E-state index in [1.165, 1.54) is 0 Å². The molecule has 1 aromatic carbocycles. The van der Waals surface area contributed by atoms with Crippen molar-refractivity contribution in [3.63, 3.8) is 0 Å². The molecule has 1 aliphatic rings. The maximum absolute atomic E-state index is 11.0. The number of hydrogen-bond acceptors (Lipinski definition) is 4. The number of ether oxygens (including phenoxy) is 2. The largest absolute Gasteiger partial charge is 0.483 e. The number of hydrogen-bond donors (Lipinski definition) is 0. The van der Waals surface area contributed by atoms with Crippen molar-refractivity contribution in [3.05, 3.63) is 32.8 Å². The van der Waals surface area contributed by atoms with Gasteiger partial charge < -0.3 is 9.47 Å². The van der Waals surface area contributed by atoms with E-state index in [-0.39, 0.29) is 11.8 Å². The summed E-state index contributed by atoms with van der Waals surface area (Å²) in [6.45, 7) is 1.29. The number of para-hydroxylation sites is 1. The summed E-state index contributed by atoms with van der Waals surface area (Å²) < 4.78 is 11.3. The van der Waals surface area contributed by atoms with Gasteiger partial charge in [-0.25, -0.2) is 0 Å². The van der Waals surface area contributed by atoms with Crippen LogP contribution in [0.3, 0.4) is 0 Å². The average Bonchev–Trinajstić information content (AvgIpc) is 2.30. The van der Waals surface area contributed by atoms with Crippen LogP contribution < -0.4 is 4.74 Å². The molecule has 5 nitrogen and oxygen atoms in total. The first kappa shape index (κ1) is 12.3. The second-order valence-electron chi connectivity index (χ2n) is 3.77. The summed E-state index contributed by atoms with van der Waals surface area (Å²) in [6, 6.07) is 4.99. The number of benzene rings is 1. The minimum Gasteiger partial charge on any atom is -0.483 e. The molecule has 0 aliphatic carbocycles. The Kier molecular flexibility index (Phi) is 3.96. The van der Waals surface area contributed by atoms with Crippen LogP contribution in [0.25, 0.3) is 0 Å². The summed E-state index contributed by atoms with van der Waals surface area (Å²) in [6.07, 6.45) is 1.53. The Labute approximate surface area is 107 Å². The molecular formula is C11H12BrNO4. The second kappa shape index (κ2) is 5.46. The molecule has 1 fully saturated rings. The first-order valence-corrected chi connectivity index (χ1v) is 6.15. The minimum atomic E-state index is -0.432. The fraction of sp³-hybridized carbons (Fsp3) is 0.455. The van der Waals surface area contributed by atoms with Crippen molar-refractivity contribution < 1.29 is 14.4 Å². The number of nitrogens with zero attached hydrogens (tertiary/aromatic N) is 1. The van der Waals surface area contributed by atoms with Gasteiger partial charge in [0.2, 0.25) is 0 Å². The molecular weight excluding hydrogens is 290 g/mol. The Morgan fingerprint density at radius 3 is 2.76 bits per heavy atom. The molecule has 0 unspecified atom stereocenters. The van der Waals surface area contributed by atoms with Crippen LogP contribution in [-0.2, 0) is 4.74 Å². The predicted octanol–water partition coefficient (Wildman–Crippen LogP) is 2.92. The van der Waals surface area contributed by atoms with Gasteiger partial charge in [-0.3, -0.25) is 10.1 Å². The molecule has 0 aromatic heterocycles. The minimum absolute atomic E-state index is 0.00301. The smallest absolute Gasteiger partial charge is 0.324 e. The van der Waals surface area contributed by atoms with Crippen LogP contribution in [0.1, 0.15) is 12.8 Å². The van der Waals surface area contributed by atoms with Crippen molar-refractivity contribution in [1.29, 1.82) is 0 Å². The molecule has 1 aliphatic heterocycles. The standard InChI is InChI=1S/C11H12BrNO4/c12-9-2-1-3-10(11(9)13(14)15)17-8-4-6-16-7-5-8/h1-3,8H,4-7H2. The maximum Gasteiger partial charge on any atom is 0.324 e. The fourth-order valence-corrected chi connectivity index (χ4v) is 2.23. The zero-order valence-electron chi connectivity index (χ0n) is 9.10. The molecule has 6 heteroatoms. The first-order chi connectivity index (χ1) is 8.18. The molecule has 92 valence electrons. The van der Waals surface area contributed by atoms with Crippen molar-refractivity contribution in [3.8, 4) is 5.75 Å². The van der Waals surface area contributed by atoms with Gasteiger partial charge >= 0.3 is 5.69 Å². The van der Waals surface area contributed by atoms with Gasteiger partial charge in [0.15, 0.2) is 5.75 Å². The highest BCUT2D eigenvalue weighted by Gasteiger charge is 2.23. The number of nitro benzene ring substituents is 1. The molecule has 0 N–H and O–H groups in total. The molecule has 1 heterocycles. The summed E-state index contributed by atoms with van der Waals surface area (Å²) in [4.78, 5) is 10.5. The topological polar surface area (TPSA) is 61.6 Å². The highest BCUT2D eigenvalue weighted by molar-refractivity contribution is 9.10. The molecule has 2 rings (SSSR count). The molecule has 0 spiro atoms. The Bertz CT molecular complexity index is 418. The lowest BCUT2D eigenvalue weighted by molar-refractivity contribution is -0.386. The summed E-state index contributed by atoms with van der Waals surface area (Å²) in [5.74, 6) is 0.316. The molecule has 1 aromatic rings. The summed E-state index contributed by atoms with van der Waals surface area (Å²) in [5, 5.41) is 11.0. The van der Waals surface area contributed by atoms with Crippen LogP contribution in [0.2, 0.25) is 0 Å². The van der Waals surface area contributed by atoms with Crippen LogP contribution >= 0.6 is 15.9 Å². The second-order valence-corrected chi connectivity index (χ2v) is 4.63. The maximum atomic E-state index is 11.0. The van der Waals surface area contributed by atoms with Crippen molar-refractivity contribution in [2.24, 2.45) is 0 Å². The van der Waals surface area contributed by atoms with Gasteiger partial charge in [0, 0.05) is 12.8 Å². The van der Waals surface area contributed by atoms with E-state index in [1.807, 2.05) is 0 Å². The normalized spacial score (nSPS) is 16.8. The van der Waals surface area contributed by atoms with Gasteiger partial charge in [-0.15, -0.1) is 0 Å². The zero-order chi connectivity index (χ0) is 12.3. The SMILES string of the molecule is O=[N+]([O-])c1c(Br)cccc1OC1CCOCC1. The van der Waals surface area contributed by atoms with E-state index in [2.05, 4.69) is 15.9 Å². The third-order valence-corrected chi connectivity index (χ3v) is 3.23. The number of halogens is 1. The quantitative estimate of drug-likeness (QED) is 0.636. The van der Waals surface area contributed by atoms with Crippen molar-refractivity contribution >= 4 is 21.6 Å². The Balaban J connectivity index is 2.19. The van der Waals surface area contributed by atoms with Crippen LogP contribution in [0, 0.1) is 10.1 Å². The van der Waals surface area contributed by atoms with Gasteiger partial charge in [0.25, 0.3) is 0 Å². The van der Waals surface area contributed by atoms with Gasteiger partial charge in [-0.2, -0.15) is 0 Å². The monoisotopic (exact) mass is 301 g/mol. The first-order valence-electron chi connectivity index (χ1n) is 5.36. The van der Waals surface area contributed by atoms with E-state index in [0.717, 1.165) is 12.8 Å². The lowest BCUT2D eigenvalue weighted by Gasteiger charge is -2.23. The number of rotatable bonds is 3. The fourth-order valence-electron chi connectivity index (χ4n) is 1.74. The molecule has 0 radical (unpaired) electrons. The van der Waals surface area contributed by atoms with E-state index in [4.69, 9.17) is 9.47 Å². The lowest BCUT2D eigenvalue weighted by Crippen LogP contribution is -2.26.